The molecule has 0 bridgehead atoms. The van der Waals surface area contributed by atoms with E-state index in [0.717, 1.165) is 43.2 Å². The molecule has 2 heterocycles. The van der Waals surface area contributed by atoms with Gasteiger partial charge in [0.1, 0.15) is 0 Å². The van der Waals surface area contributed by atoms with Crippen molar-refractivity contribution in [1.29, 1.82) is 0 Å². The number of hydrogen-bond donors (Lipinski definition) is 1. The molecule has 0 radical (unpaired) electrons. The highest BCUT2D eigenvalue weighted by atomic mass is 16.4. The predicted molar refractivity (Wildman–Crippen MR) is 107 cm³/mol. The van der Waals surface area contributed by atoms with Gasteiger partial charge in [-0.05, 0) is 44.7 Å². The standard InChI is InChI=1S/C22H31N3O2/c1-18-8-7-15-25(17-18)14-6-5-13-23-21(26)11-12-22-24-16-20(27-22)19-9-3-2-4-10-19/h2-4,9-10,16,18H,5-8,11-15,17H2,1H3,(H,23,26). The van der Waals surface area contributed by atoms with Gasteiger partial charge in [-0.15, -0.1) is 0 Å². The molecule has 1 aliphatic rings. The van der Waals surface area contributed by atoms with E-state index in [1.165, 1.54) is 25.9 Å². The molecule has 0 saturated carbocycles. The summed E-state index contributed by atoms with van der Waals surface area (Å²) in [5.41, 5.74) is 1.00. The number of piperidine rings is 1. The first-order chi connectivity index (χ1) is 13.2. The van der Waals surface area contributed by atoms with Gasteiger partial charge in [0.15, 0.2) is 11.7 Å². The van der Waals surface area contributed by atoms with Crippen molar-refractivity contribution in [3.8, 4) is 11.3 Å². The number of unbranched alkanes of at least 4 members (excludes halogenated alkanes) is 1. The molecular formula is C22H31N3O2. The number of oxazole rings is 1. The number of rotatable bonds is 9. The molecule has 0 aliphatic carbocycles. The molecule has 3 rings (SSSR count). The van der Waals surface area contributed by atoms with E-state index in [0.29, 0.717) is 18.7 Å². The summed E-state index contributed by atoms with van der Waals surface area (Å²) in [6.45, 7) is 6.70. The third-order valence-electron chi connectivity index (χ3n) is 5.14. The number of likely N-dealkylation sites (tertiary alicyclic amines) is 1. The summed E-state index contributed by atoms with van der Waals surface area (Å²) in [5, 5.41) is 3.01. The monoisotopic (exact) mass is 369 g/mol. The van der Waals surface area contributed by atoms with Crippen LogP contribution in [0.5, 0.6) is 0 Å². The normalized spacial score (nSPS) is 17.7. The molecular weight excluding hydrogens is 338 g/mol. The lowest BCUT2D eigenvalue weighted by atomic mass is 10.0. The van der Waals surface area contributed by atoms with Crippen molar-refractivity contribution in [3.63, 3.8) is 0 Å². The number of nitrogens with one attached hydrogen (secondary N) is 1. The summed E-state index contributed by atoms with van der Waals surface area (Å²) >= 11 is 0. The first-order valence-electron chi connectivity index (χ1n) is 10.2. The zero-order valence-electron chi connectivity index (χ0n) is 16.3. The van der Waals surface area contributed by atoms with Crippen LogP contribution in [0.1, 0.15) is 44.9 Å². The van der Waals surface area contributed by atoms with E-state index >= 15 is 0 Å². The summed E-state index contributed by atoms with van der Waals surface area (Å²) in [6, 6.07) is 9.88. The van der Waals surface area contributed by atoms with Crippen LogP contribution < -0.4 is 5.32 Å². The Hall–Kier alpha value is -2.14. The number of carbonyl (C=O) groups is 1. The lowest BCUT2D eigenvalue weighted by Crippen LogP contribution is -2.35. The van der Waals surface area contributed by atoms with Crippen LogP contribution in [0, 0.1) is 5.92 Å². The van der Waals surface area contributed by atoms with Crippen molar-refractivity contribution in [1.82, 2.24) is 15.2 Å². The maximum absolute atomic E-state index is 12.0. The van der Waals surface area contributed by atoms with E-state index < -0.39 is 0 Å². The molecule has 146 valence electrons. The molecule has 0 spiro atoms. The highest BCUT2D eigenvalue weighted by Crippen LogP contribution is 2.20. The number of hydrogen-bond acceptors (Lipinski definition) is 4. The van der Waals surface area contributed by atoms with Crippen molar-refractivity contribution >= 4 is 5.91 Å². The van der Waals surface area contributed by atoms with Crippen LogP contribution in [-0.4, -0.2) is 42.0 Å². The summed E-state index contributed by atoms with van der Waals surface area (Å²) in [7, 11) is 0. The molecule has 1 N–H and O–H groups in total. The van der Waals surface area contributed by atoms with Crippen LogP contribution in [-0.2, 0) is 11.2 Å². The molecule has 27 heavy (non-hydrogen) atoms. The molecule has 5 nitrogen and oxygen atoms in total. The fourth-order valence-corrected chi connectivity index (χ4v) is 3.65. The zero-order chi connectivity index (χ0) is 18.9. The van der Waals surface area contributed by atoms with Gasteiger partial charge in [0.2, 0.25) is 5.91 Å². The van der Waals surface area contributed by atoms with Crippen molar-refractivity contribution in [2.45, 2.75) is 45.4 Å². The summed E-state index contributed by atoms with van der Waals surface area (Å²) < 4.78 is 5.74. The van der Waals surface area contributed by atoms with Gasteiger partial charge in [0.25, 0.3) is 0 Å². The van der Waals surface area contributed by atoms with Gasteiger partial charge in [0.05, 0.1) is 6.20 Å². The largest absolute Gasteiger partial charge is 0.441 e. The molecule has 1 saturated heterocycles. The lowest BCUT2D eigenvalue weighted by Gasteiger charge is -2.30. The third-order valence-corrected chi connectivity index (χ3v) is 5.14. The number of nitrogens with zero attached hydrogens (tertiary/aromatic N) is 2. The number of aryl methyl sites for hydroxylation is 1. The fraction of sp³-hybridized carbons (Fsp3) is 0.545. The Morgan fingerprint density at radius 2 is 2.15 bits per heavy atom. The van der Waals surface area contributed by atoms with E-state index in [2.05, 4.69) is 22.1 Å². The van der Waals surface area contributed by atoms with Crippen LogP contribution >= 0.6 is 0 Å². The van der Waals surface area contributed by atoms with Gasteiger partial charge >= 0.3 is 0 Å². The first kappa shape index (κ1) is 19.6. The Balaban J connectivity index is 1.28. The molecule has 1 aliphatic heterocycles. The van der Waals surface area contributed by atoms with E-state index in [1.54, 1.807) is 6.20 Å². The van der Waals surface area contributed by atoms with Crippen molar-refractivity contribution in [3.05, 3.63) is 42.4 Å². The second-order valence-electron chi connectivity index (χ2n) is 7.59. The summed E-state index contributed by atoms with van der Waals surface area (Å²) in [5.74, 6) is 2.26. The van der Waals surface area contributed by atoms with Gasteiger partial charge < -0.3 is 14.6 Å². The van der Waals surface area contributed by atoms with E-state index in [-0.39, 0.29) is 5.91 Å². The molecule has 1 fully saturated rings. The maximum atomic E-state index is 12.0. The minimum Gasteiger partial charge on any atom is -0.441 e. The Morgan fingerprint density at radius 1 is 1.30 bits per heavy atom. The van der Waals surface area contributed by atoms with Crippen molar-refractivity contribution in [2.24, 2.45) is 5.92 Å². The van der Waals surface area contributed by atoms with E-state index in [1.807, 2.05) is 30.3 Å². The predicted octanol–water partition coefficient (Wildman–Crippen LogP) is 3.90. The van der Waals surface area contributed by atoms with Crippen molar-refractivity contribution in [2.75, 3.05) is 26.2 Å². The number of benzene rings is 1. The number of amides is 1. The van der Waals surface area contributed by atoms with Gasteiger partial charge in [-0.2, -0.15) is 0 Å². The van der Waals surface area contributed by atoms with E-state index in [9.17, 15) is 4.79 Å². The zero-order valence-corrected chi connectivity index (χ0v) is 16.3. The Morgan fingerprint density at radius 3 is 2.96 bits per heavy atom. The Bertz CT molecular complexity index is 699. The SMILES string of the molecule is CC1CCCN(CCCCNC(=O)CCc2ncc(-c3ccccc3)o2)C1. The topological polar surface area (TPSA) is 58.4 Å². The van der Waals surface area contributed by atoms with E-state index in [4.69, 9.17) is 4.42 Å². The van der Waals surface area contributed by atoms with Gasteiger partial charge in [0, 0.05) is 31.5 Å². The van der Waals surface area contributed by atoms with Crippen LogP contribution in [0.3, 0.4) is 0 Å². The molecule has 1 atom stereocenters. The molecule has 2 aromatic rings. The highest BCUT2D eigenvalue weighted by Gasteiger charge is 2.15. The maximum Gasteiger partial charge on any atom is 0.220 e. The molecule has 1 unspecified atom stereocenters. The lowest BCUT2D eigenvalue weighted by molar-refractivity contribution is -0.121. The number of aromatic nitrogens is 1. The molecule has 1 aromatic carbocycles. The van der Waals surface area contributed by atoms with Gasteiger partial charge in [-0.25, -0.2) is 4.98 Å². The minimum absolute atomic E-state index is 0.0704. The minimum atomic E-state index is 0.0704. The summed E-state index contributed by atoms with van der Waals surface area (Å²) in [6.07, 6.45) is 7.54. The highest BCUT2D eigenvalue weighted by molar-refractivity contribution is 5.75. The Labute approximate surface area is 162 Å². The Kier molecular flexibility index (Phi) is 7.45. The second-order valence-corrected chi connectivity index (χ2v) is 7.59. The third kappa shape index (κ3) is 6.51. The number of carbonyl (C=O) groups excluding carboxylic acids is 1. The van der Waals surface area contributed by atoms with Gasteiger partial charge in [-0.3, -0.25) is 4.79 Å². The molecule has 1 amide bonds. The van der Waals surface area contributed by atoms with Crippen LogP contribution in [0.4, 0.5) is 0 Å². The molecule has 1 aromatic heterocycles. The van der Waals surface area contributed by atoms with Crippen LogP contribution in [0.2, 0.25) is 0 Å². The summed E-state index contributed by atoms with van der Waals surface area (Å²) in [4.78, 5) is 18.8. The quantitative estimate of drug-likeness (QED) is 0.681. The van der Waals surface area contributed by atoms with Crippen LogP contribution in [0.15, 0.2) is 40.9 Å². The fourth-order valence-electron chi connectivity index (χ4n) is 3.65. The second kappa shape index (κ2) is 10.3. The average molecular weight is 370 g/mol. The van der Waals surface area contributed by atoms with Gasteiger partial charge in [-0.1, -0.05) is 37.3 Å². The molecule has 5 heteroatoms. The van der Waals surface area contributed by atoms with Crippen LogP contribution in [0.25, 0.3) is 11.3 Å². The van der Waals surface area contributed by atoms with Crippen molar-refractivity contribution < 1.29 is 9.21 Å². The smallest absolute Gasteiger partial charge is 0.220 e. The average Bonchev–Trinajstić information content (AvgIpc) is 3.16. The first-order valence-corrected chi connectivity index (χ1v) is 10.2.